The summed E-state index contributed by atoms with van der Waals surface area (Å²) in [6.45, 7) is 0. The van der Waals surface area contributed by atoms with Gasteiger partial charge in [0.2, 0.25) is 0 Å². The van der Waals surface area contributed by atoms with Crippen LogP contribution in [0.5, 0.6) is 0 Å². The van der Waals surface area contributed by atoms with E-state index in [1.165, 1.54) is 0 Å². The van der Waals surface area contributed by atoms with E-state index in [1.54, 1.807) is 48.5 Å². The monoisotopic (exact) mass is 288 g/mol. The molecule has 0 aliphatic heterocycles. The highest BCUT2D eigenvalue weighted by Crippen LogP contribution is 2.29. The molecule has 100 valence electrons. The molecular formula is C14H9ClN2O3. The van der Waals surface area contributed by atoms with E-state index in [0.717, 1.165) is 4.90 Å². The molecule has 0 aliphatic rings. The third-order valence-corrected chi connectivity index (χ3v) is 2.97. The maximum atomic E-state index is 11.4. The van der Waals surface area contributed by atoms with E-state index in [4.69, 9.17) is 16.0 Å². The zero-order valence-corrected chi connectivity index (χ0v) is 10.9. The minimum atomic E-state index is -1.17. The minimum absolute atomic E-state index is 0.0130. The number of hydrogen-bond donors (Lipinski definition) is 1. The SMILES string of the molecule is O=C(O)N(c1ccccc1)c1nc2cc(Cl)ccc2o1. The Morgan fingerprint density at radius 2 is 1.95 bits per heavy atom. The lowest BCUT2D eigenvalue weighted by Crippen LogP contribution is -2.23. The lowest BCUT2D eigenvalue weighted by molar-refractivity contribution is 0.203. The number of rotatable bonds is 2. The second-order valence-corrected chi connectivity index (χ2v) is 4.50. The first kappa shape index (κ1) is 12.5. The number of para-hydroxylation sites is 1. The molecule has 0 spiro atoms. The van der Waals surface area contributed by atoms with Crippen molar-refractivity contribution in [2.24, 2.45) is 0 Å². The van der Waals surface area contributed by atoms with Crippen molar-refractivity contribution in [3.63, 3.8) is 0 Å². The first-order valence-corrected chi connectivity index (χ1v) is 6.17. The number of benzene rings is 2. The number of hydrogen-bond acceptors (Lipinski definition) is 3. The quantitative estimate of drug-likeness (QED) is 0.763. The largest absolute Gasteiger partial charge is 0.464 e. The van der Waals surface area contributed by atoms with Gasteiger partial charge in [0.15, 0.2) is 5.58 Å². The van der Waals surface area contributed by atoms with Gasteiger partial charge in [-0.25, -0.2) is 4.79 Å². The zero-order valence-electron chi connectivity index (χ0n) is 10.2. The molecule has 0 radical (unpaired) electrons. The molecule has 0 atom stereocenters. The molecule has 20 heavy (non-hydrogen) atoms. The van der Waals surface area contributed by atoms with Crippen LogP contribution in [0.15, 0.2) is 52.9 Å². The van der Waals surface area contributed by atoms with Crippen LogP contribution in [0.3, 0.4) is 0 Å². The molecule has 3 rings (SSSR count). The third kappa shape index (κ3) is 2.19. The second kappa shape index (κ2) is 4.86. The highest BCUT2D eigenvalue weighted by atomic mass is 35.5. The van der Waals surface area contributed by atoms with E-state index in [0.29, 0.717) is 21.8 Å². The van der Waals surface area contributed by atoms with Gasteiger partial charge in [-0.05, 0) is 30.3 Å². The molecule has 1 N–H and O–H groups in total. The average Bonchev–Trinajstić information content (AvgIpc) is 2.82. The predicted molar refractivity (Wildman–Crippen MR) is 75.6 cm³/mol. The summed E-state index contributed by atoms with van der Waals surface area (Å²) in [5.74, 6) is 0. The lowest BCUT2D eigenvalue weighted by atomic mass is 10.3. The van der Waals surface area contributed by atoms with E-state index in [-0.39, 0.29) is 6.01 Å². The molecule has 0 fully saturated rings. The number of fused-ring (bicyclic) bond motifs is 1. The summed E-state index contributed by atoms with van der Waals surface area (Å²) in [6, 6.07) is 13.5. The van der Waals surface area contributed by atoms with Crippen molar-refractivity contribution in [3.8, 4) is 0 Å². The molecule has 0 saturated heterocycles. The summed E-state index contributed by atoms with van der Waals surface area (Å²) in [5, 5.41) is 9.87. The third-order valence-electron chi connectivity index (χ3n) is 2.74. The zero-order chi connectivity index (χ0) is 14.1. The van der Waals surface area contributed by atoms with Gasteiger partial charge in [0.1, 0.15) is 5.52 Å². The molecule has 1 aromatic heterocycles. The fourth-order valence-corrected chi connectivity index (χ4v) is 2.03. The topological polar surface area (TPSA) is 66.6 Å². The molecule has 6 heteroatoms. The normalized spacial score (nSPS) is 10.7. The van der Waals surface area contributed by atoms with Crippen LogP contribution in [0, 0.1) is 0 Å². The van der Waals surface area contributed by atoms with E-state index in [1.807, 2.05) is 0 Å². The smallest absolute Gasteiger partial charge is 0.420 e. The summed E-state index contributed by atoms with van der Waals surface area (Å²) >= 11 is 5.88. The standard InChI is InChI=1S/C14H9ClN2O3/c15-9-6-7-12-11(8-9)16-13(20-12)17(14(18)19)10-4-2-1-3-5-10/h1-8H,(H,18,19). The van der Waals surface area contributed by atoms with Crippen molar-refractivity contribution < 1.29 is 14.3 Å². The fraction of sp³-hybridized carbons (Fsp3) is 0. The van der Waals surface area contributed by atoms with E-state index in [9.17, 15) is 9.90 Å². The lowest BCUT2D eigenvalue weighted by Gasteiger charge is -2.14. The maximum Gasteiger partial charge on any atom is 0.420 e. The molecule has 0 saturated carbocycles. The van der Waals surface area contributed by atoms with Crippen LogP contribution in [-0.2, 0) is 0 Å². The van der Waals surface area contributed by atoms with Gasteiger partial charge < -0.3 is 9.52 Å². The van der Waals surface area contributed by atoms with Gasteiger partial charge >= 0.3 is 12.1 Å². The van der Waals surface area contributed by atoms with Crippen LogP contribution in [0.4, 0.5) is 16.5 Å². The molecule has 5 nitrogen and oxygen atoms in total. The molecular weight excluding hydrogens is 280 g/mol. The van der Waals surface area contributed by atoms with Crippen LogP contribution in [-0.4, -0.2) is 16.2 Å². The van der Waals surface area contributed by atoms with Crippen LogP contribution < -0.4 is 4.90 Å². The van der Waals surface area contributed by atoms with Gasteiger partial charge in [0.05, 0.1) is 5.69 Å². The minimum Gasteiger partial charge on any atom is -0.464 e. The molecule has 3 aromatic rings. The van der Waals surface area contributed by atoms with Gasteiger partial charge in [-0.15, -0.1) is 0 Å². The number of carbonyl (C=O) groups is 1. The van der Waals surface area contributed by atoms with E-state index in [2.05, 4.69) is 4.98 Å². The van der Waals surface area contributed by atoms with Crippen molar-refractivity contribution in [3.05, 3.63) is 53.6 Å². The Balaban J connectivity index is 2.13. The van der Waals surface area contributed by atoms with Crippen LogP contribution in [0.1, 0.15) is 0 Å². The van der Waals surface area contributed by atoms with Crippen LogP contribution >= 0.6 is 11.6 Å². The Bertz CT molecular complexity index is 770. The Labute approximate surface area is 119 Å². The number of aromatic nitrogens is 1. The van der Waals surface area contributed by atoms with Crippen molar-refractivity contribution in [2.75, 3.05) is 4.90 Å². The maximum absolute atomic E-state index is 11.4. The summed E-state index contributed by atoms with van der Waals surface area (Å²) in [6.07, 6.45) is -1.17. The molecule has 1 heterocycles. The van der Waals surface area contributed by atoms with Crippen LogP contribution in [0.25, 0.3) is 11.1 Å². The Morgan fingerprint density at radius 3 is 2.65 bits per heavy atom. The molecule has 1 amide bonds. The summed E-state index contributed by atoms with van der Waals surface area (Å²) < 4.78 is 5.48. The molecule has 0 aliphatic carbocycles. The summed E-state index contributed by atoms with van der Waals surface area (Å²) in [4.78, 5) is 16.6. The van der Waals surface area contributed by atoms with Gasteiger partial charge in [-0.1, -0.05) is 29.8 Å². The number of amides is 1. The van der Waals surface area contributed by atoms with Gasteiger partial charge in [-0.3, -0.25) is 0 Å². The highest BCUT2D eigenvalue weighted by molar-refractivity contribution is 6.31. The van der Waals surface area contributed by atoms with Crippen molar-refractivity contribution in [1.82, 2.24) is 4.98 Å². The Morgan fingerprint density at radius 1 is 1.20 bits per heavy atom. The number of anilines is 2. The van der Waals surface area contributed by atoms with Crippen molar-refractivity contribution >= 4 is 40.5 Å². The predicted octanol–water partition coefficient (Wildman–Crippen LogP) is 4.30. The first-order valence-electron chi connectivity index (χ1n) is 5.79. The van der Waals surface area contributed by atoms with E-state index >= 15 is 0 Å². The van der Waals surface area contributed by atoms with Crippen LogP contribution in [0.2, 0.25) is 5.02 Å². The highest BCUT2D eigenvalue weighted by Gasteiger charge is 2.22. The number of carboxylic acid groups (broad SMARTS) is 1. The number of halogens is 1. The summed E-state index contributed by atoms with van der Waals surface area (Å²) in [5.41, 5.74) is 1.44. The first-order chi connectivity index (χ1) is 9.65. The van der Waals surface area contributed by atoms with Gasteiger partial charge in [-0.2, -0.15) is 9.88 Å². The molecule has 2 aromatic carbocycles. The van der Waals surface area contributed by atoms with E-state index < -0.39 is 6.09 Å². The Kier molecular flexibility index (Phi) is 3.04. The molecule has 0 bridgehead atoms. The summed E-state index contributed by atoms with van der Waals surface area (Å²) in [7, 11) is 0. The number of nitrogens with zero attached hydrogens (tertiary/aromatic N) is 2. The van der Waals surface area contributed by atoms with Crippen molar-refractivity contribution in [2.45, 2.75) is 0 Å². The molecule has 0 unspecified atom stereocenters. The van der Waals surface area contributed by atoms with Crippen molar-refractivity contribution in [1.29, 1.82) is 0 Å². The Hall–Kier alpha value is -2.53. The van der Waals surface area contributed by atoms with Gasteiger partial charge in [0.25, 0.3) is 0 Å². The number of oxazole rings is 1. The fourth-order valence-electron chi connectivity index (χ4n) is 1.86. The second-order valence-electron chi connectivity index (χ2n) is 4.06. The average molecular weight is 289 g/mol. The van der Waals surface area contributed by atoms with Gasteiger partial charge in [0, 0.05) is 5.02 Å².